The minimum Gasteiger partial charge on any atom is -0.478 e. The number of rotatable bonds is 3. The lowest BCUT2D eigenvalue weighted by Crippen LogP contribution is -2.20. The quantitative estimate of drug-likeness (QED) is 0.547. The fraction of sp³-hybridized carbons (Fsp3) is 0.143. The van der Waals surface area contributed by atoms with E-state index in [2.05, 4.69) is 0 Å². The highest BCUT2D eigenvalue weighted by Crippen LogP contribution is 2.46. The molecular weight excluding hydrogens is 364 g/mol. The summed E-state index contributed by atoms with van der Waals surface area (Å²) in [5.74, 6) is 0.729. The third kappa shape index (κ3) is 2.60. The summed E-state index contributed by atoms with van der Waals surface area (Å²) in [5.41, 5.74) is 1.39. The molecule has 0 amide bonds. The van der Waals surface area contributed by atoms with Crippen LogP contribution in [0.1, 0.15) is 34.0 Å². The fourth-order valence-electron chi connectivity index (χ4n) is 3.56. The number of carboxylic acid groups (broad SMARTS) is 1. The van der Waals surface area contributed by atoms with Gasteiger partial charge in [-0.2, -0.15) is 0 Å². The zero-order valence-electron chi connectivity index (χ0n) is 14.5. The first kappa shape index (κ1) is 16.4. The van der Waals surface area contributed by atoms with Crippen LogP contribution >= 0.6 is 0 Å². The molecule has 0 radical (unpaired) electrons. The number of benzene rings is 2. The summed E-state index contributed by atoms with van der Waals surface area (Å²) in [4.78, 5) is 23.6. The molecule has 7 heteroatoms. The van der Waals surface area contributed by atoms with Crippen LogP contribution in [0.4, 0.5) is 0 Å². The number of esters is 1. The normalized spacial score (nSPS) is 17.1. The van der Waals surface area contributed by atoms with Crippen LogP contribution in [0, 0.1) is 0 Å². The van der Waals surface area contributed by atoms with Gasteiger partial charge in [0.1, 0.15) is 17.3 Å². The molecule has 0 aliphatic carbocycles. The number of carbonyl (C=O) groups excluding carboxylic acids is 1. The third-order valence-electron chi connectivity index (χ3n) is 4.87. The van der Waals surface area contributed by atoms with E-state index in [0.717, 1.165) is 5.56 Å². The Balaban J connectivity index is 1.57. The van der Waals surface area contributed by atoms with Crippen molar-refractivity contribution in [3.63, 3.8) is 0 Å². The molecular formula is C21H14O7. The van der Waals surface area contributed by atoms with E-state index in [9.17, 15) is 14.7 Å². The summed E-state index contributed by atoms with van der Waals surface area (Å²) < 4.78 is 22.1. The number of carboxylic acids is 1. The van der Waals surface area contributed by atoms with Crippen LogP contribution in [-0.2, 0) is 4.79 Å². The van der Waals surface area contributed by atoms with Gasteiger partial charge in [0, 0.05) is 17.2 Å². The summed E-state index contributed by atoms with van der Waals surface area (Å²) in [5, 5.41) is 9.41. The molecule has 2 aliphatic rings. The van der Waals surface area contributed by atoms with Crippen molar-refractivity contribution >= 4 is 11.9 Å². The van der Waals surface area contributed by atoms with Gasteiger partial charge in [-0.15, -0.1) is 0 Å². The Bertz CT molecular complexity index is 1110. The highest BCUT2D eigenvalue weighted by Gasteiger charge is 2.33. The van der Waals surface area contributed by atoms with Gasteiger partial charge in [0.25, 0.3) is 0 Å². The summed E-state index contributed by atoms with van der Waals surface area (Å²) in [7, 11) is 0. The van der Waals surface area contributed by atoms with Gasteiger partial charge < -0.3 is 23.7 Å². The molecule has 140 valence electrons. The van der Waals surface area contributed by atoms with Crippen molar-refractivity contribution in [3.05, 3.63) is 65.4 Å². The van der Waals surface area contributed by atoms with Gasteiger partial charge in [-0.3, -0.25) is 4.79 Å². The fourth-order valence-corrected chi connectivity index (χ4v) is 3.56. The first-order chi connectivity index (χ1) is 13.6. The van der Waals surface area contributed by atoms with Crippen LogP contribution in [0.25, 0.3) is 11.3 Å². The summed E-state index contributed by atoms with van der Waals surface area (Å²) in [6.45, 7) is 0.119. The molecule has 2 aliphatic heterocycles. The van der Waals surface area contributed by atoms with Crippen molar-refractivity contribution in [2.75, 3.05) is 6.79 Å². The molecule has 0 spiro atoms. The van der Waals surface area contributed by atoms with E-state index in [1.165, 1.54) is 6.07 Å². The summed E-state index contributed by atoms with van der Waals surface area (Å²) >= 11 is 0. The standard InChI is InChI=1S/C21H14O7/c22-20-8-14(13-7-18-19(26-10-25-18)9-17(13)28-20)16-6-5-15(27-16)11-3-1-2-4-12(11)21(23)24/h1-7,9,14H,8,10H2,(H,23,24)/t14-/m0/s1. The maximum atomic E-state index is 12.1. The van der Waals surface area contributed by atoms with Gasteiger partial charge in [-0.05, 0) is 24.3 Å². The lowest BCUT2D eigenvalue weighted by Gasteiger charge is -2.23. The minimum absolute atomic E-state index is 0.111. The Kier molecular flexibility index (Phi) is 3.61. The van der Waals surface area contributed by atoms with Crippen molar-refractivity contribution in [2.45, 2.75) is 12.3 Å². The second-order valence-corrected chi connectivity index (χ2v) is 6.53. The molecule has 0 saturated heterocycles. The minimum atomic E-state index is -1.03. The van der Waals surface area contributed by atoms with E-state index in [1.807, 2.05) is 0 Å². The predicted molar refractivity (Wildman–Crippen MR) is 95.8 cm³/mol. The SMILES string of the molecule is O=C1C[C@H](c2ccc(-c3ccccc3C(=O)O)o2)c2cc3c(cc2O1)OCO3. The topological polar surface area (TPSA) is 95.2 Å². The molecule has 7 nitrogen and oxygen atoms in total. The third-order valence-corrected chi connectivity index (χ3v) is 4.87. The van der Waals surface area contributed by atoms with Gasteiger partial charge in [0.05, 0.1) is 17.9 Å². The average molecular weight is 378 g/mol. The van der Waals surface area contributed by atoms with E-state index in [0.29, 0.717) is 34.3 Å². The molecule has 2 aromatic carbocycles. The lowest BCUT2D eigenvalue weighted by atomic mass is 9.90. The predicted octanol–water partition coefficient (Wildman–Crippen LogP) is 3.81. The van der Waals surface area contributed by atoms with Crippen LogP contribution < -0.4 is 14.2 Å². The molecule has 1 N–H and O–H groups in total. The van der Waals surface area contributed by atoms with E-state index in [4.69, 9.17) is 18.6 Å². The second kappa shape index (κ2) is 6.16. The molecule has 3 aromatic rings. The number of furan rings is 1. The summed E-state index contributed by atoms with van der Waals surface area (Å²) in [6, 6.07) is 13.5. The molecule has 28 heavy (non-hydrogen) atoms. The van der Waals surface area contributed by atoms with E-state index >= 15 is 0 Å². The Labute approximate surface area is 159 Å². The maximum absolute atomic E-state index is 12.1. The molecule has 0 unspecified atom stereocenters. The van der Waals surface area contributed by atoms with Crippen LogP contribution in [-0.4, -0.2) is 23.8 Å². The van der Waals surface area contributed by atoms with Crippen molar-refractivity contribution < 1.29 is 33.3 Å². The van der Waals surface area contributed by atoms with Crippen molar-refractivity contribution in [1.82, 2.24) is 0 Å². The Hall–Kier alpha value is -3.74. The number of aromatic carboxylic acids is 1. The average Bonchev–Trinajstić information content (AvgIpc) is 3.35. The molecule has 0 bridgehead atoms. The molecule has 5 rings (SSSR count). The summed E-state index contributed by atoms with van der Waals surface area (Å²) in [6.07, 6.45) is 0.111. The van der Waals surface area contributed by atoms with E-state index in [1.54, 1.807) is 42.5 Å². The second-order valence-electron chi connectivity index (χ2n) is 6.53. The Morgan fingerprint density at radius 2 is 1.79 bits per heavy atom. The monoisotopic (exact) mass is 378 g/mol. The molecule has 1 atom stereocenters. The van der Waals surface area contributed by atoms with Crippen molar-refractivity contribution in [3.8, 4) is 28.6 Å². The molecule has 0 fully saturated rings. The molecule has 1 aromatic heterocycles. The molecule has 0 saturated carbocycles. The van der Waals surface area contributed by atoms with E-state index < -0.39 is 5.97 Å². The zero-order valence-corrected chi connectivity index (χ0v) is 14.5. The Morgan fingerprint density at radius 1 is 1.00 bits per heavy atom. The van der Waals surface area contributed by atoms with Gasteiger partial charge >= 0.3 is 11.9 Å². The van der Waals surface area contributed by atoms with Gasteiger partial charge in [-0.1, -0.05) is 18.2 Å². The number of hydrogen-bond acceptors (Lipinski definition) is 6. The number of fused-ring (bicyclic) bond motifs is 2. The number of carbonyl (C=O) groups is 2. The van der Waals surface area contributed by atoms with Crippen LogP contribution in [0.5, 0.6) is 17.2 Å². The lowest BCUT2D eigenvalue weighted by molar-refractivity contribution is -0.135. The van der Waals surface area contributed by atoms with Gasteiger partial charge in [-0.25, -0.2) is 4.79 Å². The van der Waals surface area contributed by atoms with Gasteiger partial charge in [0.2, 0.25) is 6.79 Å². The largest absolute Gasteiger partial charge is 0.478 e. The Morgan fingerprint density at radius 3 is 2.61 bits per heavy atom. The van der Waals surface area contributed by atoms with Crippen LogP contribution in [0.15, 0.2) is 52.9 Å². The van der Waals surface area contributed by atoms with Crippen LogP contribution in [0.3, 0.4) is 0 Å². The number of ether oxygens (including phenoxy) is 3. The highest BCUT2D eigenvalue weighted by atomic mass is 16.7. The van der Waals surface area contributed by atoms with Gasteiger partial charge in [0.15, 0.2) is 11.5 Å². The maximum Gasteiger partial charge on any atom is 0.336 e. The number of hydrogen-bond donors (Lipinski definition) is 1. The molecule has 3 heterocycles. The highest BCUT2D eigenvalue weighted by molar-refractivity contribution is 5.95. The van der Waals surface area contributed by atoms with Crippen molar-refractivity contribution in [1.29, 1.82) is 0 Å². The van der Waals surface area contributed by atoms with E-state index in [-0.39, 0.29) is 30.7 Å². The first-order valence-electron chi connectivity index (χ1n) is 8.67. The van der Waals surface area contributed by atoms with Crippen LogP contribution in [0.2, 0.25) is 0 Å². The smallest absolute Gasteiger partial charge is 0.336 e. The van der Waals surface area contributed by atoms with Crippen molar-refractivity contribution in [2.24, 2.45) is 0 Å². The first-order valence-corrected chi connectivity index (χ1v) is 8.67. The zero-order chi connectivity index (χ0) is 19.3.